The van der Waals surface area contributed by atoms with Crippen molar-refractivity contribution in [1.29, 1.82) is 0 Å². The van der Waals surface area contributed by atoms with E-state index in [1.807, 2.05) is 0 Å². The molecule has 0 unspecified atom stereocenters. The number of anilines is 3. The minimum absolute atomic E-state index is 0.103. The number of benzene rings is 2. The van der Waals surface area contributed by atoms with Crippen LogP contribution >= 0.6 is 0 Å². The number of amides is 2. The summed E-state index contributed by atoms with van der Waals surface area (Å²) in [7, 11) is 0. The molecule has 0 radical (unpaired) electrons. The van der Waals surface area contributed by atoms with Gasteiger partial charge in [-0.05, 0) is 49.2 Å². The lowest BCUT2D eigenvalue weighted by molar-refractivity contribution is -0.152. The summed E-state index contributed by atoms with van der Waals surface area (Å²) in [5, 5.41) is 5.35. The Morgan fingerprint density at radius 1 is 0.976 bits per heavy atom. The van der Waals surface area contributed by atoms with Crippen LogP contribution in [0.1, 0.15) is 28.8 Å². The molecule has 10 nitrogen and oxygen atoms in total. The van der Waals surface area contributed by atoms with Crippen LogP contribution < -0.4 is 25.0 Å². The molecule has 41 heavy (non-hydrogen) atoms. The fraction of sp³-hybridized carbons (Fsp3) is 0.286. The van der Waals surface area contributed by atoms with E-state index in [0.29, 0.717) is 48.9 Å². The minimum atomic E-state index is -4.46. The van der Waals surface area contributed by atoms with Crippen LogP contribution in [0.2, 0.25) is 0 Å². The third-order valence-corrected chi connectivity index (χ3v) is 6.65. The highest BCUT2D eigenvalue weighted by Crippen LogP contribution is 2.34. The summed E-state index contributed by atoms with van der Waals surface area (Å²) < 4.78 is 54.1. The monoisotopic (exact) mass is 570 g/mol. The van der Waals surface area contributed by atoms with Crippen LogP contribution in [0.3, 0.4) is 0 Å². The normalized spacial score (nSPS) is 14.9. The lowest BCUT2D eigenvalue weighted by atomic mass is 9.97. The molecule has 0 spiro atoms. The largest absolute Gasteiger partial charge is 0.455 e. The van der Waals surface area contributed by atoms with Gasteiger partial charge in [0.15, 0.2) is 18.1 Å². The van der Waals surface area contributed by atoms with Crippen LogP contribution in [-0.4, -0.2) is 49.3 Å². The molecule has 0 saturated carbocycles. The third-order valence-electron chi connectivity index (χ3n) is 6.65. The molecule has 0 bridgehead atoms. The number of carbonyl (C=O) groups is 3. The van der Waals surface area contributed by atoms with Gasteiger partial charge in [0.25, 0.3) is 11.8 Å². The van der Waals surface area contributed by atoms with Crippen molar-refractivity contribution in [2.75, 3.05) is 42.0 Å². The van der Waals surface area contributed by atoms with Crippen molar-refractivity contribution in [3.05, 3.63) is 71.9 Å². The van der Waals surface area contributed by atoms with Crippen molar-refractivity contribution in [2.45, 2.75) is 19.0 Å². The number of hydrogen-bond donors (Lipinski definition) is 2. The Balaban J connectivity index is 1.10. The first-order chi connectivity index (χ1) is 19.7. The fourth-order valence-corrected chi connectivity index (χ4v) is 4.49. The Labute approximate surface area is 232 Å². The van der Waals surface area contributed by atoms with Gasteiger partial charge in [-0.2, -0.15) is 13.2 Å². The lowest BCUT2D eigenvalue weighted by Crippen LogP contribution is -2.38. The summed E-state index contributed by atoms with van der Waals surface area (Å²) >= 11 is 0. The van der Waals surface area contributed by atoms with Gasteiger partial charge < -0.3 is 29.7 Å². The van der Waals surface area contributed by atoms with Gasteiger partial charge in [-0.1, -0.05) is 12.1 Å². The maximum atomic E-state index is 12.9. The van der Waals surface area contributed by atoms with E-state index in [0.717, 1.165) is 12.3 Å². The number of nitrogens with zero attached hydrogens (tertiary/aromatic N) is 2. The number of rotatable bonds is 7. The van der Waals surface area contributed by atoms with Gasteiger partial charge in [-0.25, -0.2) is 4.98 Å². The van der Waals surface area contributed by atoms with Crippen LogP contribution in [0.5, 0.6) is 11.5 Å². The SMILES string of the molecule is O=C(COC(=O)C1CCN(c2ccc(C(F)(F)F)cn2)CC1)Nc1ccccc1C(=O)Nc1ccc2c(c1)OCO2. The number of piperidine rings is 1. The fourth-order valence-electron chi connectivity index (χ4n) is 4.49. The average molecular weight is 571 g/mol. The van der Waals surface area contributed by atoms with E-state index < -0.39 is 42.0 Å². The van der Waals surface area contributed by atoms with Crippen LogP contribution in [0.25, 0.3) is 0 Å². The molecule has 2 aliphatic rings. The molecule has 214 valence electrons. The van der Waals surface area contributed by atoms with Gasteiger partial charge >= 0.3 is 12.1 Å². The predicted octanol–water partition coefficient (Wildman–Crippen LogP) is 4.48. The van der Waals surface area contributed by atoms with Gasteiger partial charge in [-0.3, -0.25) is 14.4 Å². The zero-order chi connectivity index (χ0) is 29.0. The van der Waals surface area contributed by atoms with Crippen molar-refractivity contribution in [1.82, 2.24) is 4.98 Å². The quantitative estimate of drug-likeness (QED) is 0.399. The summed E-state index contributed by atoms with van der Waals surface area (Å²) in [6, 6.07) is 13.6. The standard InChI is InChI=1S/C28H25F3N4O6/c29-28(30,31)18-5-8-24(32-14-18)35-11-9-17(10-12-35)27(38)39-15-25(36)34-21-4-2-1-3-20(21)26(37)33-19-6-7-22-23(13-19)41-16-40-22/h1-8,13-14,17H,9-12,15-16H2,(H,33,37)(H,34,36). The van der Waals surface area contributed by atoms with E-state index in [1.165, 1.54) is 6.07 Å². The van der Waals surface area contributed by atoms with Gasteiger partial charge in [0.05, 0.1) is 22.7 Å². The molecule has 1 saturated heterocycles. The van der Waals surface area contributed by atoms with E-state index in [2.05, 4.69) is 15.6 Å². The first-order valence-corrected chi connectivity index (χ1v) is 12.7. The van der Waals surface area contributed by atoms with Crippen molar-refractivity contribution in [3.63, 3.8) is 0 Å². The molecule has 5 rings (SSSR count). The topological polar surface area (TPSA) is 119 Å². The number of ether oxygens (including phenoxy) is 3. The molecule has 1 aromatic heterocycles. The van der Waals surface area contributed by atoms with Gasteiger partial charge in [-0.15, -0.1) is 0 Å². The molecule has 13 heteroatoms. The van der Waals surface area contributed by atoms with Crippen LogP contribution in [0.15, 0.2) is 60.8 Å². The zero-order valence-corrected chi connectivity index (χ0v) is 21.6. The van der Waals surface area contributed by atoms with Crippen molar-refractivity contribution in [2.24, 2.45) is 5.92 Å². The molecule has 3 aromatic rings. The molecule has 1 fully saturated rings. The number of para-hydroxylation sites is 1. The Kier molecular flexibility index (Phi) is 7.95. The van der Waals surface area contributed by atoms with Gasteiger partial charge in [0.2, 0.25) is 6.79 Å². The average Bonchev–Trinajstić information content (AvgIpc) is 3.44. The maximum Gasteiger partial charge on any atom is 0.417 e. The minimum Gasteiger partial charge on any atom is -0.455 e. The molecule has 0 aliphatic carbocycles. The number of alkyl halides is 3. The van der Waals surface area contributed by atoms with Crippen molar-refractivity contribution < 1.29 is 41.8 Å². The molecule has 2 amide bonds. The molecular weight excluding hydrogens is 545 g/mol. The molecule has 3 heterocycles. The van der Waals surface area contributed by atoms with E-state index >= 15 is 0 Å². The number of carbonyl (C=O) groups excluding carboxylic acids is 3. The highest BCUT2D eigenvalue weighted by Gasteiger charge is 2.32. The Morgan fingerprint density at radius 3 is 2.46 bits per heavy atom. The van der Waals surface area contributed by atoms with Crippen LogP contribution in [0, 0.1) is 5.92 Å². The second-order valence-corrected chi connectivity index (χ2v) is 9.39. The van der Waals surface area contributed by atoms with Gasteiger partial charge in [0, 0.05) is 31.0 Å². The number of nitrogens with one attached hydrogen (secondary N) is 2. The van der Waals surface area contributed by atoms with E-state index in [-0.39, 0.29) is 18.0 Å². The summed E-state index contributed by atoms with van der Waals surface area (Å²) in [5.74, 6) is -0.619. The second kappa shape index (κ2) is 11.7. The Hall–Kier alpha value is -4.81. The summed E-state index contributed by atoms with van der Waals surface area (Å²) in [6.45, 7) is 0.357. The third kappa shape index (κ3) is 6.68. The number of pyridine rings is 1. The van der Waals surface area contributed by atoms with Crippen molar-refractivity contribution in [3.8, 4) is 11.5 Å². The highest BCUT2D eigenvalue weighted by atomic mass is 19.4. The number of aromatic nitrogens is 1. The first kappa shape index (κ1) is 27.7. The van der Waals surface area contributed by atoms with Gasteiger partial charge in [0.1, 0.15) is 5.82 Å². The Bertz CT molecular complexity index is 1440. The molecule has 2 aromatic carbocycles. The molecule has 2 N–H and O–H groups in total. The maximum absolute atomic E-state index is 12.9. The van der Waals surface area contributed by atoms with E-state index in [9.17, 15) is 27.6 Å². The highest BCUT2D eigenvalue weighted by molar-refractivity contribution is 6.10. The predicted molar refractivity (Wildman–Crippen MR) is 141 cm³/mol. The second-order valence-electron chi connectivity index (χ2n) is 9.39. The lowest BCUT2D eigenvalue weighted by Gasteiger charge is -2.31. The zero-order valence-electron chi connectivity index (χ0n) is 21.6. The number of fused-ring (bicyclic) bond motifs is 1. The smallest absolute Gasteiger partial charge is 0.417 e. The Morgan fingerprint density at radius 2 is 1.73 bits per heavy atom. The number of hydrogen-bond acceptors (Lipinski definition) is 8. The van der Waals surface area contributed by atoms with E-state index in [1.54, 1.807) is 47.4 Å². The van der Waals surface area contributed by atoms with E-state index in [4.69, 9.17) is 14.2 Å². The number of halogens is 3. The van der Waals surface area contributed by atoms with Crippen molar-refractivity contribution >= 4 is 35.0 Å². The first-order valence-electron chi connectivity index (χ1n) is 12.7. The molecule has 2 aliphatic heterocycles. The number of esters is 1. The van der Waals surface area contributed by atoms with Crippen LogP contribution in [-0.2, 0) is 20.5 Å². The summed E-state index contributed by atoms with van der Waals surface area (Å²) in [4.78, 5) is 43.7. The molecule has 0 atom stereocenters. The molecular formula is C28H25F3N4O6. The summed E-state index contributed by atoms with van der Waals surface area (Å²) in [6.07, 6.45) is -2.89. The summed E-state index contributed by atoms with van der Waals surface area (Å²) in [5.41, 5.74) is 0.0960. The van der Waals surface area contributed by atoms with Crippen LogP contribution in [0.4, 0.5) is 30.4 Å².